The lowest BCUT2D eigenvalue weighted by molar-refractivity contribution is 0.807. The zero-order chi connectivity index (χ0) is 16.4. The Balaban J connectivity index is 1.89. The second kappa shape index (κ2) is 6.37. The molecule has 0 saturated carbocycles. The van der Waals surface area contributed by atoms with Crippen molar-refractivity contribution in [3.8, 4) is 0 Å². The zero-order valence-electron chi connectivity index (χ0n) is 14.3. The van der Waals surface area contributed by atoms with Crippen LogP contribution in [0.4, 0.5) is 0 Å². The van der Waals surface area contributed by atoms with Gasteiger partial charge < -0.3 is 0 Å². The molecule has 0 radical (unpaired) electrons. The minimum atomic E-state index is 0.169. The minimum absolute atomic E-state index is 0.169. The highest BCUT2D eigenvalue weighted by Gasteiger charge is 2.10. The average molecular weight is 301 g/mol. The van der Waals surface area contributed by atoms with Gasteiger partial charge in [-0.15, -0.1) is 0 Å². The third kappa shape index (κ3) is 3.34. The van der Waals surface area contributed by atoms with Crippen LogP contribution in [0.1, 0.15) is 40.8 Å². The summed E-state index contributed by atoms with van der Waals surface area (Å²) >= 11 is 0. The van der Waals surface area contributed by atoms with Gasteiger partial charge in [0.25, 0.3) is 0 Å². The summed E-state index contributed by atoms with van der Waals surface area (Å²) in [5.74, 6) is 0. The van der Waals surface area contributed by atoms with Crippen LogP contribution in [0.15, 0.2) is 59.6 Å². The van der Waals surface area contributed by atoms with Crippen molar-refractivity contribution in [2.24, 2.45) is 4.99 Å². The lowest BCUT2D eigenvalue weighted by Crippen LogP contribution is -1.99. The van der Waals surface area contributed by atoms with Gasteiger partial charge in [0, 0.05) is 6.21 Å². The van der Waals surface area contributed by atoms with Crippen LogP contribution in [0.3, 0.4) is 0 Å². The van der Waals surface area contributed by atoms with Crippen LogP contribution in [-0.4, -0.2) is 6.21 Å². The molecule has 3 aromatic carbocycles. The van der Waals surface area contributed by atoms with Gasteiger partial charge in [-0.05, 0) is 66.8 Å². The quantitative estimate of drug-likeness (QED) is 0.530. The molecule has 23 heavy (non-hydrogen) atoms. The van der Waals surface area contributed by atoms with Crippen molar-refractivity contribution < 1.29 is 0 Å². The Morgan fingerprint density at radius 2 is 1.48 bits per heavy atom. The van der Waals surface area contributed by atoms with Gasteiger partial charge in [-0.3, -0.25) is 4.99 Å². The van der Waals surface area contributed by atoms with Gasteiger partial charge in [0.05, 0.1) is 6.04 Å². The highest BCUT2D eigenvalue weighted by atomic mass is 14.8. The third-order valence-electron chi connectivity index (χ3n) is 4.38. The molecule has 0 fully saturated rings. The number of hydrogen-bond donors (Lipinski definition) is 0. The lowest BCUT2D eigenvalue weighted by Gasteiger charge is -2.15. The Kier molecular flexibility index (Phi) is 4.29. The Hall–Kier alpha value is -2.41. The molecule has 3 aromatic rings. The van der Waals surface area contributed by atoms with Gasteiger partial charge in [0.1, 0.15) is 0 Å². The molecular weight excluding hydrogens is 278 g/mol. The van der Waals surface area contributed by atoms with E-state index < -0.39 is 0 Å². The van der Waals surface area contributed by atoms with Gasteiger partial charge in [0.15, 0.2) is 0 Å². The predicted molar refractivity (Wildman–Crippen MR) is 101 cm³/mol. The molecular formula is C22H23N. The van der Waals surface area contributed by atoms with Crippen molar-refractivity contribution in [3.63, 3.8) is 0 Å². The highest BCUT2D eigenvalue weighted by molar-refractivity contribution is 5.90. The number of nitrogens with zero attached hydrogens (tertiary/aromatic N) is 1. The maximum atomic E-state index is 4.80. The molecule has 1 heteroatoms. The van der Waals surface area contributed by atoms with Crippen LogP contribution in [0.2, 0.25) is 0 Å². The van der Waals surface area contributed by atoms with E-state index in [1.807, 2.05) is 6.21 Å². The van der Waals surface area contributed by atoms with E-state index in [0.29, 0.717) is 0 Å². The first kappa shape index (κ1) is 15.5. The van der Waals surface area contributed by atoms with E-state index in [0.717, 1.165) is 5.56 Å². The number of fused-ring (bicyclic) bond motifs is 1. The molecule has 0 heterocycles. The van der Waals surface area contributed by atoms with Crippen LogP contribution in [-0.2, 0) is 0 Å². The molecule has 1 atom stereocenters. The summed E-state index contributed by atoms with van der Waals surface area (Å²) < 4.78 is 0. The van der Waals surface area contributed by atoms with Gasteiger partial charge in [-0.2, -0.15) is 0 Å². The van der Waals surface area contributed by atoms with Gasteiger partial charge >= 0.3 is 0 Å². The van der Waals surface area contributed by atoms with E-state index in [9.17, 15) is 0 Å². The van der Waals surface area contributed by atoms with Gasteiger partial charge in [-0.1, -0.05) is 54.1 Å². The van der Waals surface area contributed by atoms with E-state index in [1.165, 1.54) is 33.0 Å². The fourth-order valence-corrected chi connectivity index (χ4v) is 3.41. The van der Waals surface area contributed by atoms with Gasteiger partial charge in [-0.25, -0.2) is 0 Å². The topological polar surface area (TPSA) is 12.4 Å². The van der Waals surface area contributed by atoms with E-state index in [2.05, 4.69) is 82.3 Å². The first-order chi connectivity index (χ1) is 11.0. The molecule has 0 aliphatic rings. The maximum absolute atomic E-state index is 4.80. The number of aliphatic imine (C=N–C) groups is 1. The average Bonchev–Trinajstić information content (AvgIpc) is 2.51. The normalized spacial score (nSPS) is 12.9. The number of rotatable bonds is 3. The SMILES string of the molecule is Cc1cc(C)c(C(C)N=Cc2ccc3ccccc3c2)c(C)c1. The molecule has 116 valence electrons. The first-order valence-electron chi connectivity index (χ1n) is 8.14. The molecule has 0 aromatic heterocycles. The van der Waals surface area contributed by atoms with E-state index in [-0.39, 0.29) is 6.04 Å². The molecule has 1 unspecified atom stereocenters. The van der Waals surface area contributed by atoms with Crippen molar-refractivity contribution in [2.75, 3.05) is 0 Å². The number of aryl methyl sites for hydroxylation is 3. The van der Waals surface area contributed by atoms with Crippen molar-refractivity contribution in [1.29, 1.82) is 0 Å². The molecule has 0 aliphatic carbocycles. The minimum Gasteiger partial charge on any atom is -0.285 e. The fraction of sp³-hybridized carbons (Fsp3) is 0.227. The summed E-state index contributed by atoms with van der Waals surface area (Å²) in [5.41, 5.74) is 6.45. The predicted octanol–water partition coefficient (Wildman–Crippen LogP) is 5.95. The Morgan fingerprint density at radius 1 is 0.826 bits per heavy atom. The molecule has 1 nitrogen and oxygen atoms in total. The molecule has 0 spiro atoms. The van der Waals surface area contributed by atoms with Crippen LogP contribution < -0.4 is 0 Å². The monoisotopic (exact) mass is 301 g/mol. The highest BCUT2D eigenvalue weighted by Crippen LogP contribution is 2.26. The van der Waals surface area contributed by atoms with Crippen LogP contribution in [0.25, 0.3) is 10.8 Å². The van der Waals surface area contributed by atoms with Gasteiger partial charge in [0.2, 0.25) is 0 Å². The molecule has 3 rings (SSSR count). The van der Waals surface area contributed by atoms with E-state index >= 15 is 0 Å². The number of hydrogen-bond acceptors (Lipinski definition) is 1. The summed E-state index contributed by atoms with van der Waals surface area (Å²) in [5, 5.41) is 2.52. The van der Waals surface area contributed by atoms with E-state index in [4.69, 9.17) is 4.99 Å². The standard InChI is InChI=1S/C22H23N/c1-15-11-16(2)22(17(3)12-15)18(4)23-14-19-9-10-20-7-5-6-8-21(20)13-19/h5-14,18H,1-4H3. The molecule has 0 saturated heterocycles. The van der Waals surface area contributed by atoms with Crippen LogP contribution in [0.5, 0.6) is 0 Å². The second-order valence-corrected chi connectivity index (χ2v) is 6.37. The Bertz CT molecular complexity index is 851. The Morgan fingerprint density at radius 3 is 2.17 bits per heavy atom. The molecule has 0 N–H and O–H groups in total. The lowest BCUT2D eigenvalue weighted by atomic mass is 9.95. The summed E-state index contributed by atoms with van der Waals surface area (Å²) in [6.45, 7) is 8.67. The second-order valence-electron chi connectivity index (χ2n) is 6.37. The van der Waals surface area contributed by atoms with Crippen molar-refractivity contribution in [3.05, 3.63) is 82.4 Å². The number of benzene rings is 3. The summed E-state index contributed by atoms with van der Waals surface area (Å²) in [7, 11) is 0. The summed E-state index contributed by atoms with van der Waals surface area (Å²) in [6.07, 6.45) is 2.00. The first-order valence-corrected chi connectivity index (χ1v) is 8.14. The van der Waals surface area contributed by atoms with Crippen molar-refractivity contribution >= 4 is 17.0 Å². The third-order valence-corrected chi connectivity index (χ3v) is 4.38. The zero-order valence-corrected chi connectivity index (χ0v) is 14.3. The van der Waals surface area contributed by atoms with Crippen LogP contribution >= 0.6 is 0 Å². The van der Waals surface area contributed by atoms with E-state index in [1.54, 1.807) is 0 Å². The largest absolute Gasteiger partial charge is 0.285 e. The molecule has 0 aliphatic heterocycles. The van der Waals surface area contributed by atoms with Crippen molar-refractivity contribution in [2.45, 2.75) is 33.7 Å². The van der Waals surface area contributed by atoms with Crippen LogP contribution in [0, 0.1) is 20.8 Å². The summed E-state index contributed by atoms with van der Waals surface area (Å²) in [6, 6.07) is 19.6. The van der Waals surface area contributed by atoms with Crippen molar-refractivity contribution in [1.82, 2.24) is 0 Å². The summed E-state index contributed by atoms with van der Waals surface area (Å²) in [4.78, 5) is 4.80. The smallest absolute Gasteiger partial charge is 0.0726 e. The molecule has 0 bridgehead atoms. The fourth-order valence-electron chi connectivity index (χ4n) is 3.41. The Labute approximate surface area is 138 Å². The maximum Gasteiger partial charge on any atom is 0.0726 e. The molecule has 0 amide bonds.